The van der Waals surface area contributed by atoms with Crippen molar-refractivity contribution in [3.8, 4) is 11.4 Å². The van der Waals surface area contributed by atoms with Gasteiger partial charge in [-0.05, 0) is 42.5 Å². The van der Waals surface area contributed by atoms with E-state index in [1.54, 1.807) is 18.2 Å². The molecule has 126 valence electrons. The maximum atomic E-state index is 13.1. The van der Waals surface area contributed by atoms with Crippen LogP contribution in [0.25, 0.3) is 11.4 Å². The van der Waals surface area contributed by atoms with Gasteiger partial charge in [0, 0.05) is 17.2 Å². The number of hydrogen-bond donors (Lipinski definition) is 1. The maximum absolute atomic E-state index is 13.1. The second kappa shape index (κ2) is 6.91. The van der Waals surface area contributed by atoms with E-state index in [0.717, 1.165) is 0 Å². The monoisotopic (exact) mass is 377 g/mol. The van der Waals surface area contributed by atoms with Crippen molar-refractivity contribution in [1.82, 2.24) is 14.9 Å². The highest BCUT2D eigenvalue weighted by Crippen LogP contribution is 2.24. The van der Waals surface area contributed by atoms with Crippen molar-refractivity contribution in [2.24, 2.45) is 5.10 Å². The standard InChI is InChI=1S/C15H9ClFN5O2S/c16-12-6-1-9(7-13(12)22(23)24)8-18-21-14(19-20-15(21)25)10-2-4-11(17)5-3-10/h1-8H,(H,20,25). The molecule has 7 nitrogen and oxygen atoms in total. The molecule has 3 aromatic rings. The normalized spacial score (nSPS) is 11.1. The summed E-state index contributed by atoms with van der Waals surface area (Å²) in [4.78, 5) is 10.4. The smallest absolute Gasteiger partial charge is 0.258 e. The summed E-state index contributed by atoms with van der Waals surface area (Å²) in [5.74, 6) is 0.00567. The first-order valence-corrected chi connectivity index (χ1v) is 7.66. The highest BCUT2D eigenvalue weighted by molar-refractivity contribution is 7.71. The molecule has 1 N–H and O–H groups in total. The van der Waals surface area contributed by atoms with Crippen LogP contribution in [-0.4, -0.2) is 26.0 Å². The first-order chi connectivity index (χ1) is 12.0. The van der Waals surface area contributed by atoms with E-state index in [1.807, 2.05) is 0 Å². The molecular weight excluding hydrogens is 369 g/mol. The van der Waals surface area contributed by atoms with Gasteiger partial charge in [-0.1, -0.05) is 17.7 Å². The molecule has 0 atom stereocenters. The predicted octanol–water partition coefficient (Wildman–Crippen LogP) is 4.19. The Hall–Kier alpha value is -2.91. The number of nitro benzene ring substituents is 1. The number of H-pyrrole nitrogens is 1. The summed E-state index contributed by atoms with van der Waals surface area (Å²) >= 11 is 10.9. The fourth-order valence-electron chi connectivity index (χ4n) is 2.06. The zero-order valence-corrected chi connectivity index (χ0v) is 14.0. The van der Waals surface area contributed by atoms with Gasteiger partial charge in [-0.2, -0.15) is 14.9 Å². The van der Waals surface area contributed by atoms with Crippen LogP contribution < -0.4 is 0 Å². The molecule has 3 rings (SSSR count). The van der Waals surface area contributed by atoms with Gasteiger partial charge in [0.05, 0.1) is 11.1 Å². The first-order valence-electron chi connectivity index (χ1n) is 6.87. The largest absolute Gasteiger partial charge is 0.288 e. The van der Waals surface area contributed by atoms with Gasteiger partial charge in [-0.3, -0.25) is 10.1 Å². The molecule has 0 aliphatic rings. The quantitative estimate of drug-likeness (QED) is 0.319. The molecule has 0 bridgehead atoms. The number of benzene rings is 2. The number of nitrogens with zero attached hydrogens (tertiary/aromatic N) is 4. The molecule has 10 heteroatoms. The van der Waals surface area contributed by atoms with Crippen molar-refractivity contribution in [1.29, 1.82) is 0 Å². The van der Waals surface area contributed by atoms with Crippen molar-refractivity contribution >= 4 is 35.7 Å². The molecular formula is C15H9ClFN5O2S. The highest BCUT2D eigenvalue weighted by atomic mass is 35.5. The van der Waals surface area contributed by atoms with Crippen molar-refractivity contribution in [3.05, 3.63) is 73.8 Å². The van der Waals surface area contributed by atoms with Gasteiger partial charge in [-0.25, -0.2) is 9.49 Å². The fourth-order valence-corrected chi connectivity index (χ4v) is 2.42. The zero-order chi connectivity index (χ0) is 18.0. The molecule has 25 heavy (non-hydrogen) atoms. The molecule has 0 aliphatic carbocycles. The Morgan fingerprint density at radius 1 is 1.32 bits per heavy atom. The molecule has 1 heterocycles. The maximum Gasteiger partial charge on any atom is 0.288 e. The summed E-state index contributed by atoms with van der Waals surface area (Å²) in [7, 11) is 0. The summed E-state index contributed by atoms with van der Waals surface area (Å²) in [5, 5.41) is 21.8. The van der Waals surface area contributed by atoms with Crippen molar-refractivity contribution < 1.29 is 9.31 Å². The van der Waals surface area contributed by atoms with Crippen LogP contribution in [0, 0.1) is 20.7 Å². The summed E-state index contributed by atoms with van der Waals surface area (Å²) in [6, 6.07) is 9.97. The third-order valence-corrected chi connectivity index (χ3v) is 3.83. The van der Waals surface area contributed by atoms with Crippen LogP contribution in [0.3, 0.4) is 0 Å². The Morgan fingerprint density at radius 2 is 2.04 bits per heavy atom. The molecule has 0 radical (unpaired) electrons. The van der Waals surface area contributed by atoms with Gasteiger partial charge in [0.25, 0.3) is 5.69 Å². The van der Waals surface area contributed by atoms with Crippen molar-refractivity contribution in [2.45, 2.75) is 0 Å². The summed E-state index contributed by atoms with van der Waals surface area (Å²) in [6.07, 6.45) is 1.39. The predicted molar refractivity (Wildman–Crippen MR) is 93.9 cm³/mol. The van der Waals surface area contributed by atoms with E-state index >= 15 is 0 Å². The Bertz CT molecular complexity index is 1030. The first kappa shape index (κ1) is 16.9. The number of aromatic amines is 1. The summed E-state index contributed by atoms with van der Waals surface area (Å²) in [6.45, 7) is 0. The number of aromatic nitrogens is 3. The molecule has 0 fully saturated rings. The minimum Gasteiger partial charge on any atom is -0.258 e. The number of nitrogens with one attached hydrogen (secondary N) is 1. The number of nitro groups is 1. The van der Waals surface area contributed by atoms with Gasteiger partial charge in [0.2, 0.25) is 4.77 Å². The molecule has 0 unspecified atom stereocenters. The van der Waals surface area contributed by atoms with Gasteiger partial charge >= 0.3 is 0 Å². The van der Waals surface area contributed by atoms with Crippen molar-refractivity contribution in [2.75, 3.05) is 0 Å². The second-order valence-corrected chi connectivity index (χ2v) is 5.68. The topological polar surface area (TPSA) is 89.1 Å². The van der Waals surface area contributed by atoms with E-state index in [2.05, 4.69) is 15.3 Å². The van der Waals surface area contributed by atoms with Gasteiger partial charge in [0.15, 0.2) is 5.82 Å². The Balaban J connectivity index is 1.99. The van der Waals surface area contributed by atoms with Crippen molar-refractivity contribution in [3.63, 3.8) is 0 Å². The van der Waals surface area contributed by atoms with Crippen LogP contribution in [0.5, 0.6) is 0 Å². The lowest BCUT2D eigenvalue weighted by molar-refractivity contribution is -0.384. The van der Waals surface area contributed by atoms with Crippen LogP contribution >= 0.6 is 23.8 Å². The van der Waals surface area contributed by atoms with Crippen LogP contribution in [0.15, 0.2) is 47.6 Å². The van der Waals surface area contributed by atoms with E-state index in [1.165, 1.54) is 35.2 Å². The third kappa shape index (κ3) is 3.62. The molecule has 1 aromatic heterocycles. The van der Waals surface area contributed by atoms with E-state index in [-0.39, 0.29) is 21.3 Å². The van der Waals surface area contributed by atoms with Crippen LogP contribution in [0.1, 0.15) is 5.56 Å². The summed E-state index contributed by atoms with van der Waals surface area (Å²) in [5.41, 5.74) is 0.845. The fraction of sp³-hybridized carbons (Fsp3) is 0. The minimum absolute atomic E-state index is 0.0362. The van der Waals surface area contributed by atoms with E-state index in [0.29, 0.717) is 17.0 Å². The Labute approximate surface area is 150 Å². The lowest BCUT2D eigenvalue weighted by Crippen LogP contribution is -1.96. The number of rotatable bonds is 4. The average Bonchev–Trinajstić information content (AvgIpc) is 2.95. The zero-order valence-electron chi connectivity index (χ0n) is 12.4. The number of halogens is 2. The molecule has 2 aromatic carbocycles. The van der Waals surface area contributed by atoms with Gasteiger partial charge < -0.3 is 0 Å². The molecule has 0 saturated heterocycles. The van der Waals surface area contributed by atoms with Gasteiger partial charge in [-0.15, -0.1) is 0 Å². The van der Waals surface area contributed by atoms with E-state index in [4.69, 9.17) is 23.8 Å². The average molecular weight is 378 g/mol. The lowest BCUT2D eigenvalue weighted by Gasteiger charge is -2.01. The summed E-state index contributed by atoms with van der Waals surface area (Å²) < 4.78 is 14.6. The van der Waals surface area contributed by atoms with Crippen LogP contribution in [-0.2, 0) is 0 Å². The second-order valence-electron chi connectivity index (χ2n) is 4.88. The van der Waals surface area contributed by atoms with E-state index < -0.39 is 4.92 Å². The van der Waals surface area contributed by atoms with E-state index in [9.17, 15) is 14.5 Å². The SMILES string of the molecule is O=[N+]([O-])c1cc(C=Nn2c(-c3ccc(F)cc3)n[nH]c2=S)ccc1Cl. The van der Waals surface area contributed by atoms with Crippen LogP contribution in [0.4, 0.5) is 10.1 Å². The Morgan fingerprint density at radius 3 is 2.72 bits per heavy atom. The molecule has 0 aliphatic heterocycles. The Kier molecular flexibility index (Phi) is 4.68. The molecule has 0 saturated carbocycles. The molecule has 0 spiro atoms. The highest BCUT2D eigenvalue weighted by Gasteiger charge is 2.12. The third-order valence-electron chi connectivity index (χ3n) is 3.24. The minimum atomic E-state index is -0.576. The van der Waals surface area contributed by atoms with Gasteiger partial charge in [0.1, 0.15) is 10.8 Å². The number of hydrogen-bond acceptors (Lipinski definition) is 5. The molecule has 0 amide bonds. The van der Waals surface area contributed by atoms with Crippen LogP contribution in [0.2, 0.25) is 5.02 Å². The lowest BCUT2D eigenvalue weighted by atomic mass is 10.2.